The average Bonchev–Trinajstić information content (AvgIpc) is 2.46. The van der Waals surface area contributed by atoms with Gasteiger partial charge in [0.25, 0.3) is 0 Å². The van der Waals surface area contributed by atoms with E-state index in [0.29, 0.717) is 12.1 Å². The molecule has 2 aromatic rings. The fourth-order valence-electron chi connectivity index (χ4n) is 2.14. The molecule has 0 saturated carbocycles. The van der Waals surface area contributed by atoms with Gasteiger partial charge in [-0.1, -0.05) is 45.0 Å². The summed E-state index contributed by atoms with van der Waals surface area (Å²) in [7, 11) is 1.47. The first-order chi connectivity index (χ1) is 9.91. The largest absolute Gasteiger partial charge is 0.494 e. The Balaban J connectivity index is 2.07. The second-order valence-corrected chi connectivity index (χ2v) is 6.11. The minimum absolute atomic E-state index is 0.136. The maximum absolute atomic E-state index is 14.0. The molecule has 0 unspecified atom stereocenters. The summed E-state index contributed by atoms with van der Waals surface area (Å²) in [5.74, 6) is -0.0313. The molecule has 2 nitrogen and oxygen atoms in total. The van der Waals surface area contributed by atoms with Crippen LogP contribution in [0, 0.1) is 5.82 Å². The van der Waals surface area contributed by atoms with E-state index in [0.717, 1.165) is 5.69 Å². The minimum atomic E-state index is -0.307. The molecule has 0 bridgehead atoms. The van der Waals surface area contributed by atoms with Gasteiger partial charge in [0.05, 0.1) is 7.11 Å². The molecule has 0 atom stereocenters. The molecule has 0 heterocycles. The zero-order valence-electron chi connectivity index (χ0n) is 13.0. The summed E-state index contributed by atoms with van der Waals surface area (Å²) >= 11 is 0. The summed E-state index contributed by atoms with van der Waals surface area (Å²) in [6, 6.07) is 13.4. The third kappa shape index (κ3) is 3.75. The Morgan fingerprint density at radius 3 is 2.29 bits per heavy atom. The van der Waals surface area contributed by atoms with Crippen LogP contribution >= 0.6 is 0 Å². The van der Waals surface area contributed by atoms with E-state index in [1.807, 2.05) is 12.1 Å². The highest BCUT2D eigenvalue weighted by atomic mass is 19.1. The summed E-state index contributed by atoms with van der Waals surface area (Å²) in [4.78, 5) is 0. The Morgan fingerprint density at radius 1 is 1.05 bits per heavy atom. The molecule has 0 saturated heterocycles. The maximum Gasteiger partial charge on any atom is 0.170 e. The summed E-state index contributed by atoms with van der Waals surface area (Å²) in [5, 5.41) is 3.24. The Kier molecular flexibility index (Phi) is 4.51. The number of ether oxygens (including phenoxy) is 1. The first-order valence-electron chi connectivity index (χ1n) is 7.07. The number of halogens is 1. The Hall–Kier alpha value is -2.03. The lowest BCUT2D eigenvalue weighted by Gasteiger charge is -2.19. The van der Waals surface area contributed by atoms with E-state index in [1.165, 1.54) is 12.7 Å². The van der Waals surface area contributed by atoms with Crippen LogP contribution in [0.1, 0.15) is 31.9 Å². The van der Waals surface area contributed by atoms with Crippen molar-refractivity contribution in [2.75, 3.05) is 12.4 Å². The number of anilines is 1. The fraction of sp³-hybridized carbons (Fsp3) is 0.333. The molecule has 0 fully saturated rings. The van der Waals surface area contributed by atoms with Gasteiger partial charge in [-0.05, 0) is 29.2 Å². The predicted molar refractivity (Wildman–Crippen MR) is 85.4 cm³/mol. The van der Waals surface area contributed by atoms with Crippen LogP contribution in [0.3, 0.4) is 0 Å². The molecule has 2 rings (SSSR count). The molecule has 21 heavy (non-hydrogen) atoms. The Labute approximate surface area is 126 Å². The van der Waals surface area contributed by atoms with Gasteiger partial charge in [-0.25, -0.2) is 4.39 Å². The molecular weight excluding hydrogens is 265 g/mol. The van der Waals surface area contributed by atoms with Crippen molar-refractivity contribution in [3.63, 3.8) is 0 Å². The lowest BCUT2D eigenvalue weighted by atomic mass is 9.87. The van der Waals surface area contributed by atoms with Gasteiger partial charge < -0.3 is 10.1 Å². The first-order valence-corrected chi connectivity index (χ1v) is 7.07. The fourth-order valence-corrected chi connectivity index (χ4v) is 2.14. The van der Waals surface area contributed by atoms with Crippen LogP contribution in [-0.2, 0) is 12.0 Å². The monoisotopic (exact) mass is 287 g/mol. The van der Waals surface area contributed by atoms with Crippen molar-refractivity contribution in [1.82, 2.24) is 0 Å². The molecule has 3 heteroatoms. The van der Waals surface area contributed by atoms with Gasteiger partial charge in [-0.15, -0.1) is 0 Å². The van der Waals surface area contributed by atoms with Gasteiger partial charge >= 0.3 is 0 Å². The molecule has 1 N–H and O–H groups in total. The van der Waals surface area contributed by atoms with E-state index in [-0.39, 0.29) is 17.0 Å². The summed E-state index contributed by atoms with van der Waals surface area (Å²) in [5.41, 5.74) is 2.98. The third-order valence-corrected chi connectivity index (χ3v) is 3.50. The molecule has 0 aliphatic heterocycles. The van der Waals surface area contributed by atoms with E-state index in [9.17, 15) is 4.39 Å². The molecular formula is C18H22FNO. The molecule has 0 aliphatic rings. The number of benzene rings is 2. The van der Waals surface area contributed by atoms with Crippen LogP contribution in [-0.4, -0.2) is 7.11 Å². The smallest absolute Gasteiger partial charge is 0.170 e. The second-order valence-electron chi connectivity index (χ2n) is 6.11. The van der Waals surface area contributed by atoms with E-state index in [1.54, 1.807) is 18.2 Å². The van der Waals surface area contributed by atoms with E-state index in [4.69, 9.17) is 4.74 Å². The third-order valence-electron chi connectivity index (χ3n) is 3.50. The van der Waals surface area contributed by atoms with Crippen LogP contribution in [0.15, 0.2) is 42.5 Å². The lowest BCUT2D eigenvalue weighted by molar-refractivity contribution is 0.384. The van der Waals surface area contributed by atoms with Crippen molar-refractivity contribution in [3.8, 4) is 5.75 Å². The van der Waals surface area contributed by atoms with Gasteiger partial charge in [0.2, 0.25) is 0 Å². The highest BCUT2D eigenvalue weighted by molar-refractivity contribution is 5.46. The van der Waals surface area contributed by atoms with Gasteiger partial charge in [0.1, 0.15) is 0 Å². The molecule has 112 valence electrons. The molecule has 2 aromatic carbocycles. The topological polar surface area (TPSA) is 21.3 Å². The molecule has 0 amide bonds. The van der Waals surface area contributed by atoms with Crippen LogP contribution in [0.5, 0.6) is 5.75 Å². The first kappa shape index (κ1) is 15.4. The second kappa shape index (κ2) is 6.17. The Morgan fingerprint density at radius 2 is 1.71 bits per heavy atom. The van der Waals surface area contributed by atoms with Crippen molar-refractivity contribution in [1.29, 1.82) is 0 Å². The highest BCUT2D eigenvalue weighted by Crippen LogP contribution is 2.24. The number of methoxy groups -OCH3 is 1. The van der Waals surface area contributed by atoms with E-state index in [2.05, 4.69) is 38.2 Å². The van der Waals surface area contributed by atoms with Crippen molar-refractivity contribution >= 4 is 5.69 Å². The number of nitrogens with one attached hydrogen (secondary N) is 1. The van der Waals surface area contributed by atoms with Gasteiger partial charge in [-0.3, -0.25) is 0 Å². The number of rotatable bonds is 4. The zero-order chi connectivity index (χ0) is 15.5. The molecule has 0 spiro atoms. The van der Waals surface area contributed by atoms with E-state index < -0.39 is 0 Å². The lowest BCUT2D eigenvalue weighted by Crippen LogP contribution is -2.11. The molecule has 0 radical (unpaired) electrons. The van der Waals surface area contributed by atoms with Crippen molar-refractivity contribution in [2.45, 2.75) is 32.7 Å². The molecule has 0 aliphatic carbocycles. The van der Waals surface area contributed by atoms with Crippen LogP contribution < -0.4 is 10.1 Å². The maximum atomic E-state index is 14.0. The van der Waals surface area contributed by atoms with Crippen molar-refractivity contribution < 1.29 is 9.13 Å². The van der Waals surface area contributed by atoms with Crippen molar-refractivity contribution in [2.24, 2.45) is 0 Å². The zero-order valence-corrected chi connectivity index (χ0v) is 13.0. The van der Waals surface area contributed by atoms with Crippen LogP contribution in [0.2, 0.25) is 0 Å². The van der Waals surface area contributed by atoms with E-state index >= 15 is 0 Å². The average molecular weight is 287 g/mol. The van der Waals surface area contributed by atoms with Gasteiger partial charge in [-0.2, -0.15) is 0 Å². The summed E-state index contributed by atoms with van der Waals surface area (Å²) in [6.45, 7) is 6.97. The highest BCUT2D eigenvalue weighted by Gasteiger charge is 2.13. The van der Waals surface area contributed by atoms with Gasteiger partial charge in [0, 0.05) is 17.8 Å². The van der Waals surface area contributed by atoms with Crippen LogP contribution in [0.25, 0.3) is 0 Å². The minimum Gasteiger partial charge on any atom is -0.494 e. The Bertz CT molecular complexity index is 600. The van der Waals surface area contributed by atoms with Crippen molar-refractivity contribution in [3.05, 3.63) is 59.4 Å². The van der Waals surface area contributed by atoms with Gasteiger partial charge in [0.15, 0.2) is 11.6 Å². The predicted octanol–water partition coefficient (Wildman–Crippen LogP) is 4.74. The number of hydrogen-bond acceptors (Lipinski definition) is 2. The summed E-state index contributed by atoms with van der Waals surface area (Å²) < 4.78 is 19.0. The summed E-state index contributed by atoms with van der Waals surface area (Å²) in [6.07, 6.45) is 0. The quantitative estimate of drug-likeness (QED) is 0.876. The number of hydrogen-bond donors (Lipinski definition) is 1. The van der Waals surface area contributed by atoms with Crippen LogP contribution in [0.4, 0.5) is 10.1 Å². The SMILES string of the molecule is COc1cccc(CNc2ccc(C(C)(C)C)cc2)c1F. The normalized spacial score (nSPS) is 11.3. The molecule has 0 aromatic heterocycles. The standard InChI is InChI=1S/C18H22FNO/c1-18(2,3)14-8-10-15(11-9-14)20-12-13-6-5-7-16(21-4)17(13)19/h5-11,20H,12H2,1-4H3.